The van der Waals surface area contributed by atoms with E-state index in [-0.39, 0.29) is 16.4 Å². The van der Waals surface area contributed by atoms with Gasteiger partial charge in [0, 0.05) is 17.8 Å². The molecule has 0 bridgehead atoms. The van der Waals surface area contributed by atoms with Gasteiger partial charge in [0.1, 0.15) is 10.7 Å². The topological polar surface area (TPSA) is 80.8 Å². The Morgan fingerprint density at radius 3 is 2.73 bits per heavy atom. The van der Waals surface area contributed by atoms with Gasteiger partial charge in [-0.2, -0.15) is 0 Å². The summed E-state index contributed by atoms with van der Waals surface area (Å²) in [7, 11) is -1.60. The van der Waals surface area contributed by atoms with Crippen LogP contribution in [0.3, 0.4) is 0 Å². The molecule has 0 saturated carbocycles. The number of thiophene rings is 1. The van der Waals surface area contributed by atoms with Gasteiger partial charge in [-0.15, -0.1) is 11.3 Å². The van der Waals surface area contributed by atoms with Crippen LogP contribution >= 0.6 is 11.3 Å². The molecule has 9 heteroatoms. The molecule has 2 aromatic rings. The van der Waals surface area contributed by atoms with E-state index in [0.717, 1.165) is 16.0 Å². The van der Waals surface area contributed by atoms with Gasteiger partial charge in [-0.05, 0) is 43.0 Å². The monoisotopic (exact) mass is 399 g/mol. The summed E-state index contributed by atoms with van der Waals surface area (Å²) in [6.07, 6.45) is -0.662. The van der Waals surface area contributed by atoms with Crippen LogP contribution in [0.25, 0.3) is 10.1 Å². The van der Waals surface area contributed by atoms with Crippen LogP contribution in [0.15, 0.2) is 24.3 Å². The van der Waals surface area contributed by atoms with Gasteiger partial charge < -0.3 is 9.64 Å². The molecule has 0 aliphatic carbocycles. The van der Waals surface area contributed by atoms with Gasteiger partial charge in [0.15, 0.2) is 15.9 Å². The highest BCUT2D eigenvalue weighted by molar-refractivity contribution is 7.91. The van der Waals surface area contributed by atoms with Crippen molar-refractivity contribution in [1.82, 2.24) is 4.90 Å². The molecule has 1 aliphatic rings. The zero-order valence-corrected chi connectivity index (χ0v) is 15.9. The Bertz CT molecular complexity index is 969. The normalized spacial score (nSPS) is 20.0. The van der Waals surface area contributed by atoms with Crippen LogP contribution in [0, 0.1) is 5.82 Å². The van der Waals surface area contributed by atoms with Crippen molar-refractivity contribution in [2.24, 2.45) is 0 Å². The van der Waals surface area contributed by atoms with E-state index < -0.39 is 39.7 Å². The van der Waals surface area contributed by atoms with Crippen molar-refractivity contribution in [3.8, 4) is 0 Å². The lowest BCUT2D eigenvalue weighted by Gasteiger charge is -2.26. The largest absolute Gasteiger partial charge is 0.448 e. The molecule has 140 valence electrons. The van der Waals surface area contributed by atoms with E-state index in [1.165, 1.54) is 37.1 Å². The summed E-state index contributed by atoms with van der Waals surface area (Å²) < 4.78 is 42.3. The number of halogens is 1. The fourth-order valence-electron chi connectivity index (χ4n) is 2.93. The number of carbonyl (C=O) groups excluding carboxylic acids is 2. The van der Waals surface area contributed by atoms with E-state index in [4.69, 9.17) is 4.74 Å². The summed E-state index contributed by atoms with van der Waals surface area (Å²) in [5.41, 5.74) is 0. The zero-order chi connectivity index (χ0) is 19.1. The van der Waals surface area contributed by atoms with Gasteiger partial charge in [0.05, 0.1) is 11.5 Å². The zero-order valence-electron chi connectivity index (χ0n) is 14.3. The molecule has 3 rings (SSSR count). The number of amides is 1. The molecule has 0 N–H and O–H groups in total. The van der Waals surface area contributed by atoms with Crippen LogP contribution < -0.4 is 0 Å². The molecular weight excluding hydrogens is 381 g/mol. The van der Waals surface area contributed by atoms with Crippen LogP contribution in [0.5, 0.6) is 0 Å². The first kappa shape index (κ1) is 18.8. The Hall–Kier alpha value is -2.00. The third kappa shape index (κ3) is 3.88. The number of fused-ring (bicyclic) bond motifs is 1. The maximum absolute atomic E-state index is 13.2. The van der Waals surface area contributed by atoms with Gasteiger partial charge >= 0.3 is 5.97 Å². The van der Waals surface area contributed by atoms with Gasteiger partial charge in [-0.3, -0.25) is 4.79 Å². The summed E-state index contributed by atoms with van der Waals surface area (Å²) in [4.78, 5) is 26.3. The Kier molecular flexibility index (Phi) is 5.03. The maximum atomic E-state index is 13.2. The molecule has 2 atom stereocenters. The average molecular weight is 399 g/mol. The van der Waals surface area contributed by atoms with E-state index in [1.807, 2.05) is 0 Å². The molecule has 1 aromatic heterocycles. The van der Waals surface area contributed by atoms with Crippen molar-refractivity contribution in [2.45, 2.75) is 25.5 Å². The minimum absolute atomic E-state index is 0.0573. The van der Waals surface area contributed by atoms with Crippen molar-refractivity contribution in [2.75, 3.05) is 18.6 Å². The first-order chi connectivity index (χ1) is 12.2. The minimum atomic E-state index is -3.11. The Labute approximate surface area is 154 Å². The minimum Gasteiger partial charge on any atom is -0.448 e. The number of esters is 1. The second-order valence-electron chi connectivity index (χ2n) is 6.35. The Morgan fingerprint density at radius 1 is 1.35 bits per heavy atom. The van der Waals surface area contributed by atoms with Crippen molar-refractivity contribution in [3.05, 3.63) is 35.0 Å². The summed E-state index contributed by atoms with van der Waals surface area (Å²) in [5.74, 6) is -1.53. The predicted octanol–water partition coefficient (Wildman–Crippen LogP) is 2.23. The summed E-state index contributed by atoms with van der Waals surface area (Å²) in [6.45, 7) is 1.45. The molecule has 0 spiro atoms. The molecule has 0 radical (unpaired) electrons. The molecule has 1 fully saturated rings. The van der Waals surface area contributed by atoms with Crippen LogP contribution in [-0.2, 0) is 19.4 Å². The van der Waals surface area contributed by atoms with E-state index >= 15 is 0 Å². The standard InChI is InChI=1S/C17H18FNO5S2/c1-10(16(20)19(2)13-5-6-26(22,23)9-13)24-17(21)15-8-11-7-12(18)3-4-14(11)25-15/h3-4,7-8,10,13H,5-6,9H2,1-2H3/t10-,13-/m1/s1. The predicted molar refractivity (Wildman–Crippen MR) is 96.5 cm³/mol. The van der Waals surface area contributed by atoms with E-state index in [9.17, 15) is 22.4 Å². The second-order valence-corrected chi connectivity index (χ2v) is 9.66. The van der Waals surface area contributed by atoms with E-state index in [1.54, 1.807) is 6.07 Å². The summed E-state index contributed by atoms with van der Waals surface area (Å²) >= 11 is 1.16. The first-order valence-electron chi connectivity index (χ1n) is 8.03. The smallest absolute Gasteiger partial charge is 0.349 e. The van der Waals surface area contributed by atoms with Crippen molar-refractivity contribution in [1.29, 1.82) is 0 Å². The lowest BCUT2D eigenvalue weighted by Crippen LogP contribution is -2.44. The highest BCUT2D eigenvalue weighted by Gasteiger charge is 2.35. The second kappa shape index (κ2) is 6.96. The average Bonchev–Trinajstić information content (AvgIpc) is 3.15. The molecule has 6 nitrogen and oxygen atoms in total. The van der Waals surface area contributed by atoms with Gasteiger partial charge in [0.25, 0.3) is 5.91 Å². The van der Waals surface area contributed by atoms with Gasteiger partial charge in [-0.25, -0.2) is 17.6 Å². The molecule has 0 unspecified atom stereocenters. The van der Waals surface area contributed by atoms with Crippen LogP contribution in [0.2, 0.25) is 0 Å². The Morgan fingerprint density at radius 2 is 2.08 bits per heavy atom. The van der Waals surface area contributed by atoms with Gasteiger partial charge in [0.2, 0.25) is 0 Å². The fourth-order valence-corrected chi connectivity index (χ4v) is 5.63. The first-order valence-corrected chi connectivity index (χ1v) is 10.7. The molecule has 1 aromatic carbocycles. The third-order valence-corrected chi connectivity index (χ3v) is 7.26. The van der Waals surface area contributed by atoms with Crippen LogP contribution in [-0.4, -0.2) is 55.9 Å². The number of likely N-dealkylation sites (N-methyl/N-ethyl adjacent to an activating group) is 1. The molecule has 1 saturated heterocycles. The fraction of sp³-hybridized carbons (Fsp3) is 0.412. The number of hydrogen-bond acceptors (Lipinski definition) is 6. The van der Waals surface area contributed by atoms with E-state index in [0.29, 0.717) is 11.8 Å². The highest BCUT2D eigenvalue weighted by Crippen LogP contribution is 2.27. The third-order valence-electron chi connectivity index (χ3n) is 4.41. The lowest BCUT2D eigenvalue weighted by molar-refractivity contribution is -0.140. The maximum Gasteiger partial charge on any atom is 0.349 e. The summed E-state index contributed by atoms with van der Waals surface area (Å²) in [6, 6.07) is 5.34. The molecule has 26 heavy (non-hydrogen) atoms. The SMILES string of the molecule is C[C@@H](OC(=O)c1cc2cc(F)ccc2s1)C(=O)N(C)[C@@H]1CCS(=O)(=O)C1. The van der Waals surface area contributed by atoms with E-state index in [2.05, 4.69) is 0 Å². The number of hydrogen-bond donors (Lipinski definition) is 0. The quantitative estimate of drug-likeness (QED) is 0.737. The van der Waals surface area contributed by atoms with Crippen molar-refractivity contribution in [3.63, 3.8) is 0 Å². The summed E-state index contributed by atoms with van der Waals surface area (Å²) in [5, 5.41) is 0.592. The number of carbonyl (C=O) groups is 2. The number of benzene rings is 1. The van der Waals surface area contributed by atoms with Gasteiger partial charge in [-0.1, -0.05) is 0 Å². The number of rotatable bonds is 4. The Balaban J connectivity index is 1.66. The highest BCUT2D eigenvalue weighted by atomic mass is 32.2. The lowest BCUT2D eigenvalue weighted by atomic mass is 10.2. The number of ether oxygens (including phenoxy) is 1. The molecule has 1 amide bonds. The molecule has 1 aliphatic heterocycles. The number of sulfone groups is 1. The van der Waals surface area contributed by atoms with Crippen molar-refractivity contribution >= 4 is 43.1 Å². The molecule has 2 heterocycles. The number of nitrogens with zero attached hydrogens (tertiary/aromatic N) is 1. The molecular formula is C17H18FNO5S2. The van der Waals surface area contributed by atoms with Crippen LogP contribution in [0.1, 0.15) is 23.0 Å². The van der Waals surface area contributed by atoms with Crippen LogP contribution in [0.4, 0.5) is 4.39 Å². The van der Waals surface area contributed by atoms with Crippen molar-refractivity contribution < 1.29 is 27.1 Å².